The highest BCUT2D eigenvalue weighted by Crippen LogP contribution is 2.46. The summed E-state index contributed by atoms with van der Waals surface area (Å²) in [5, 5.41) is 2.63. The van der Waals surface area contributed by atoms with Gasteiger partial charge >= 0.3 is 11.9 Å². The number of benzene rings is 1. The van der Waals surface area contributed by atoms with E-state index >= 15 is 0 Å². The van der Waals surface area contributed by atoms with Gasteiger partial charge in [-0.2, -0.15) is 0 Å². The van der Waals surface area contributed by atoms with Crippen LogP contribution in [-0.4, -0.2) is 66.7 Å². The van der Waals surface area contributed by atoms with Crippen molar-refractivity contribution in [1.29, 1.82) is 0 Å². The second-order valence-electron chi connectivity index (χ2n) is 8.98. The minimum absolute atomic E-state index is 0.0728. The highest BCUT2D eigenvalue weighted by molar-refractivity contribution is 8.16. The molecule has 0 spiro atoms. The number of carbonyl (C=O) groups is 3. The predicted molar refractivity (Wildman–Crippen MR) is 141 cm³/mol. The molecular formula is C27H33N3O6S. The largest absolute Gasteiger partial charge is 0.497 e. The normalized spacial score (nSPS) is 21.2. The molecule has 2 atom stereocenters. The molecular weight excluding hydrogens is 494 g/mol. The smallest absolute Gasteiger partial charge is 0.338 e. The Labute approximate surface area is 221 Å². The summed E-state index contributed by atoms with van der Waals surface area (Å²) in [6.07, 6.45) is 2.15. The SMILES string of the molecule is CCOC(=O)[C@H]1CCCN(C(=O)CC2=CSC3=NC(CC)=C(C(=O)OC)[C@H](c4cccc(OC)c4)N23)C1. The maximum atomic E-state index is 13.4. The van der Waals surface area contributed by atoms with Crippen LogP contribution in [0.5, 0.6) is 5.75 Å². The van der Waals surface area contributed by atoms with Crippen LogP contribution in [0, 0.1) is 5.92 Å². The molecule has 198 valence electrons. The molecule has 37 heavy (non-hydrogen) atoms. The number of carbonyl (C=O) groups excluding carboxylic acids is 3. The summed E-state index contributed by atoms with van der Waals surface area (Å²) >= 11 is 1.44. The number of thioether (sulfide) groups is 1. The minimum Gasteiger partial charge on any atom is -0.497 e. The third-order valence-electron chi connectivity index (χ3n) is 6.77. The molecule has 0 bridgehead atoms. The molecule has 4 rings (SSSR count). The Bertz CT molecular complexity index is 1160. The zero-order chi connectivity index (χ0) is 26.5. The number of hydrogen-bond acceptors (Lipinski definition) is 9. The second kappa shape index (κ2) is 11.9. The molecule has 1 saturated heterocycles. The fourth-order valence-corrected chi connectivity index (χ4v) is 5.90. The summed E-state index contributed by atoms with van der Waals surface area (Å²) in [6.45, 7) is 5.01. The van der Waals surface area contributed by atoms with E-state index in [1.165, 1.54) is 18.9 Å². The molecule has 10 heteroatoms. The Hall–Kier alpha value is -3.27. The maximum Gasteiger partial charge on any atom is 0.338 e. The number of methoxy groups -OCH3 is 2. The number of fused-ring (bicyclic) bond motifs is 1. The monoisotopic (exact) mass is 527 g/mol. The molecule has 3 aliphatic heterocycles. The van der Waals surface area contributed by atoms with Crippen LogP contribution in [-0.2, 0) is 23.9 Å². The Morgan fingerprint density at radius 2 is 2.00 bits per heavy atom. The summed E-state index contributed by atoms with van der Waals surface area (Å²) in [6, 6.07) is 7.03. The van der Waals surface area contributed by atoms with Crippen molar-refractivity contribution in [1.82, 2.24) is 9.80 Å². The average Bonchev–Trinajstić information content (AvgIpc) is 3.33. The number of piperidine rings is 1. The Morgan fingerprint density at radius 3 is 2.70 bits per heavy atom. The van der Waals surface area contributed by atoms with Crippen molar-refractivity contribution in [3.63, 3.8) is 0 Å². The lowest BCUT2D eigenvalue weighted by Crippen LogP contribution is -2.44. The van der Waals surface area contributed by atoms with E-state index in [1.807, 2.05) is 41.5 Å². The number of amidine groups is 1. The van der Waals surface area contributed by atoms with Gasteiger partial charge in [-0.1, -0.05) is 30.8 Å². The number of rotatable bonds is 8. The minimum atomic E-state index is -0.521. The fourth-order valence-electron chi connectivity index (χ4n) is 4.96. The van der Waals surface area contributed by atoms with Crippen molar-refractivity contribution in [3.8, 4) is 5.75 Å². The number of hydrogen-bond donors (Lipinski definition) is 0. The number of likely N-dealkylation sites (tertiary alicyclic amines) is 1. The standard InChI is InChI=1S/C27H33N3O6S/c1-5-21-23(26(33)35-4)24(17-9-7-11-20(13-17)34-3)30-19(16-37-27(30)28-21)14-22(31)29-12-8-10-18(15-29)25(32)36-6-2/h7,9,11,13,16,18,24H,5-6,8,10,12,14-15H2,1-4H3/t18-,24-/m0/s1. The highest BCUT2D eigenvalue weighted by Gasteiger charge is 2.42. The van der Waals surface area contributed by atoms with Crippen molar-refractivity contribution in [2.24, 2.45) is 10.9 Å². The first kappa shape index (κ1) is 26.8. The van der Waals surface area contributed by atoms with E-state index in [9.17, 15) is 14.4 Å². The van der Waals surface area contributed by atoms with Crippen molar-refractivity contribution < 1.29 is 28.6 Å². The zero-order valence-electron chi connectivity index (χ0n) is 21.7. The van der Waals surface area contributed by atoms with E-state index in [0.717, 1.165) is 24.1 Å². The maximum absolute atomic E-state index is 13.4. The van der Waals surface area contributed by atoms with E-state index in [1.54, 1.807) is 18.9 Å². The summed E-state index contributed by atoms with van der Waals surface area (Å²) in [5.41, 5.74) is 2.69. The molecule has 1 aromatic rings. The molecule has 0 aliphatic carbocycles. The first-order valence-corrected chi connectivity index (χ1v) is 13.4. The zero-order valence-corrected chi connectivity index (χ0v) is 22.5. The second-order valence-corrected chi connectivity index (χ2v) is 9.82. The van der Waals surface area contributed by atoms with Crippen LogP contribution in [0.25, 0.3) is 0 Å². The number of allylic oxidation sites excluding steroid dienone is 1. The van der Waals surface area contributed by atoms with Gasteiger partial charge in [-0.05, 0) is 49.3 Å². The third kappa shape index (κ3) is 5.53. The molecule has 1 fully saturated rings. The Kier molecular flexibility index (Phi) is 8.58. The third-order valence-corrected chi connectivity index (χ3v) is 7.65. The van der Waals surface area contributed by atoms with Crippen LogP contribution in [0.3, 0.4) is 0 Å². The first-order valence-electron chi connectivity index (χ1n) is 12.5. The van der Waals surface area contributed by atoms with Gasteiger partial charge in [0.15, 0.2) is 5.17 Å². The fraction of sp³-hybridized carbons (Fsp3) is 0.481. The van der Waals surface area contributed by atoms with E-state index in [-0.39, 0.29) is 24.2 Å². The van der Waals surface area contributed by atoms with E-state index in [4.69, 9.17) is 19.2 Å². The van der Waals surface area contributed by atoms with Crippen molar-refractivity contribution >= 4 is 34.8 Å². The van der Waals surface area contributed by atoms with Crippen LogP contribution in [0.4, 0.5) is 0 Å². The lowest BCUT2D eigenvalue weighted by Gasteiger charge is -2.37. The van der Waals surface area contributed by atoms with E-state index in [2.05, 4.69) is 0 Å². The van der Waals surface area contributed by atoms with Crippen LogP contribution in [0.2, 0.25) is 0 Å². The molecule has 9 nitrogen and oxygen atoms in total. The van der Waals surface area contributed by atoms with Crippen molar-refractivity contribution in [2.45, 2.75) is 45.6 Å². The van der Waals surface area contributed by atoms with Gasteiger partial charge in [-0.15, -0.1) is 0 Å². The van der Waals surface area contributed by atoms with Crippen LogP contribution >= 0.6 is 11.8 Å². The van der Waals surface area contributed by atoms with Crippen LogP contribution < -0.4 is 4.74 Å². The highest BCUT2D eigenvalue weighted by atomic mass is 32.2. The molecule has 3 aliphatic rings. The van der Waals surface area contributed by atoms with Gasteiger partial charge < -0.3 is 24.0 Å². The summed E-state index contributed by atoms with van der Waals surface area (Å²) in [7, 11) is 2.96. The first-order chi connectivity index (χ1) is 17.9. The van der Waals surface area contributed by atoms with Crippen LogP contribution in [0.1, 0.15) is 51.1 Å². The van der Waals surface area contributed by atoms with E-state index in [0.29, 0.717) is 48.3 Å². The molecule has 0 aromatic heterocycles. The van der Waals surface area contributed by atoms with Gasteiger partial charge in [0, 0.05) is 18.8 Å². The van der Waals surface area contributed by atoms with Crippen LogP contribution in [0.15, 0.2) is 51.6 Å². The van der Waals surface area contributed by atoms with E-state index < -0.39 is 12.0 Å². The number of amides is 1. The molecule has 3 heterocycles. The van der Waals surface area contributed by atoms with Gasteiger partial charge in [0.05, 0.1) is 50.5 Å². The summed E-state index contributed by atoms with van der Waals surface area (Å²) in [4.78, 5) is 47.2. The summed E-state index contributed by atoms with van der Waals surface area (Å²) in [5.74, 6) is -0.420. The van der Waals surface area contributed by atoms with Gasteiger partial charge in [-0.3, -0.25) is 9.59 Å². The Balaban J connectivity index is 1.64. The topological polar surface area (TPSA) is 97.7 Å². The molecule has 0 unspecified atom stereocenters. The lowest BCUT2D eigenvalue weighted by atomic mass is 9.92. The molecule has 0 N–H and O–H groups in total. The van der Waals surface area contributed by atoms with Crippen molar-refractivity contribution in [3.05, 3.63) is 52.2 Å². The van der Waals surface area contributed by atoms with Gasteiger partial charge in [-0.25, -0.2) is 9.79 Å². The number of aliphatic imine (C=N–C) groups is 1. The van der Waals surface area contributed by atoms with Gasteiger partial charge in [0.1, 0.15) is 5.75 Å². The Morgan fingerprint density at radius 1 is 1.19 bits per heavy atom. The lowest BCUT2D eigenvalue weighted by molar-refractivity contribution is -0.151. The van der Waals surface area contributed by atoms with Gasteiger partial charge in [0.25, 0.3) is 0 Å². The number of ether oxygens (including phenoxy) is 3. The number of nitrogens with zero attached hydrogens (tertiary/aromatic N) is 3. The predicted octanol–water partition coefficient (Wildman–Crippen LogP) is 4.03. The van der Waals surface area contributed by atoms with Gasteiger partial charge in [0.2, 0.25) is 5.91 Å². The quantitative estimate of drug-likeness (QED) is 0.468. The molecule has 1 amide bonds. The summed E-state index contributed by atoms with van der Waals surface area (Å²) < 4.78 is 15.8. The molecule has 0 saturated carbocycles. The average molecular weight is 528 g/mol. The molecule has 0 radical (unpaired) electrons. The van der Waals surface area contributed by atoms with Crippen molar-refractivity contribution in [2.75, 3.05) is 33.9 Å². The number of esters is 2. The molecule has 1 aromatic carbocycles.